The summed E-state index contributed by atoms with van der Waals surface area (Å²) >= 11 is 0. The maximum atomic E-state index is 12.7. The average molecular weight is 334 g/mol. The third kappa shape index (κ3) is 2.72. The monoisotopic (exact) mass is 334 g/mol. The Labute approximate surface area is 144 Å². The van der Waals surface area contributed by atoms with Crippen molar-refractivity contribution in [1.29, 1.82) is 0 Å². The van der Waals surface area contributed by atoms with Gasteiger partial charge in [-0.15, -0.1) is 0 Å². The number of hydrogen-bond acceptors (Lipinski definition) is 4. The van der Waals surface area contributed by atoms with E-state index in [-0.39, 0.29) is 17.7 Å². The highest BCUT2D eigenvalue weighted by Crippen LogP contribution is 2.24. The van der Waals surface area contributed by atoms with Gasteiger partial charge >= 0.3 is 0 Å². The van der Waals surface area contributed by atoms with E-state index >= 15 is 0 Å². The first-order valence-electron chi connectivity index (χ1n) is 8.16. The van der Waals surface area contributed by atoms with Gasteiger partial charge < -0.3 is 9.52 Å². The molecule has 0 saturated heterocycles. The molecule has 0 radical (unpaired) electrons. The summed E-state index contributed by atoms with van der Waals surface area (Å²) in [6, 6.07) is 13.3. The van der Waals surface area contributed by atoms with Gasteiger partial charge in [-0.25, -0.2) is 4.98 Å². The Morgan fingerprint density at radius 2 is 1.88 bits per heavy atom. The predicted molar refractivity (Wildman–Crippen MR) is 96.7 cm³/mol. The van der Waals surface area contributed by atoms with Crippen LogP contribution in [0.2, 0.25) is 0 Å². The fourth-order valence-electron chi connectivity index (χ4n) is 3.24. The molecule has 1 atom stereocenters. The molecule has 0 saturated carbocycles. The minimum atomic E-state index is -0.792. The summed E-state index contributed by atoms with van der Waals surface area (Å²) in [4.78, 5) is 17.1. The summed E-state index contributed by atoms with van der Waals surface area (Å²) in [7, 11) is 0. The zero-order valence-corrected chi connectivity index (χ0v) is 14.1. The molecule has 1 N–H and O–H groups in total. The van der Waals surface area contributed by atoms with Gasteiger partial charge in [0.1, 0.15) is 11.1 Å². The van der Waals surface area contributed by atoms with E-state index in [9.17, 15) is 9.90 Å². The maximum Gasteiger partial charge on any atom is 0.297 e. The highest BCUT2D eigenvalue weighted by Gasteiger charge is 2.16. The minimum absolute atomic E-state index is 0.127. The Bertz CT molecular complexity index is 1120. The van der Waals surface area contributed by atoms with Crippen molar-refractivity contribution < 1.29 is 9.52 Å². The summed E-state index contributed by atoms with van der Waals surface area (Å²) in [6.45, 7) is 4.09. The zero-order valence-electron chi connectivity index (χ0n) is 14.1. The number of aliphatic hydroxyl groups excluding tert-OH is 1. The van der Waals surface area contributed by atoms with E-state index in [0.717, 1.165) is 22.1 Å². The van der Waals surface area contributed by atoms with Crippen LogP contribution in [-0.4, -0.2) is 14.7 Å². The molecule has 0 aliphatic heterocycles. The highest BCUT2D eigenvalue weighted by molar-refractivity contribution is 6.01. The van der Waals surface area contributed by atoms with Crippen LogP contribution in [0.5, 0.6) is 0 Å². The highest BCUT2D eigenvalue weighted by atomic mass is 16.3. The molecular weight excluding hydrogens is 316 g/mol. The number of rotatable bonds is 3. The van der Waals surface area contributed by atoms with Gasteiger partial charge in [0.25, 0.3) is 5.56 Å². The van der Waals surface area contributed by atoms with E-state index in [0.29, 0.717) is 11.1 Å². The standard InChI is InChI=1S/C20H18N2O3/c1-12-7-13(2)9-14(8-12)16(23)10-22-11-21-18-15-5-3-4-6-17(15)25-19(18)20(22)24/h3-9,11,16,23H,10H2,1-2H3. The molecule has 0 bridgehead atoms. The molecule has 0 aliphatic carbocycles. The number of aromatic nitrogens is 2. The van der Waals surface area contributed by atoms with Gasteiger partial charge in [-0.05, 0) is 31.5 Å². The van der Waals surface area contributed by atoms with Crippen molar-refractivity contribution in [1.82, 2.24) is 9.55 Å². The van der Waals surface area contributed by atoms with Crippen molar-refractivity contribution in [3.8, 4) is 0 Å². The Morgan fingerprint density at radius 3 is 2.64 bits per heavy atom. The first-order valence-corrected chi connectivity index (χ1v) is 8.16. The second-order valence-electron chi connectivity index (χ2n) is 6.41. The molecule has 1 unspecified atom stereocenters. The van der Waals surface area contributed by atoms with Gasteiger partial charge in [-0.3, -0.25) is 9.36 Å². The topological polar surface area (TPSA) is 68.3 Å². The van der Waals surface area contributed by atoms with Crippen molar-refractivity contribution in [2.45, 2.75) is 26.5 Å². The number of aliphatic hydroxyl groups is 1. The molecule has 4 aromatic rings. The van der Waals surface area contributed by atoms with Gasteiger partial charge in [0.2, 0.25) is 5.58 Å². The Hall–Kier alpha value is -2.92. The molecule has 4 rings (SSSR count). The first-order chi connectivity index (χ1) is 12.0. The van der Waals surface area contributed by atoms with E-state index in [1.165, 1.54) is 10.9 Å². The zero-order chi connectivity index (χ0) is 17.6. The van der Waals surface area contributed by atoms with Gasteiger partial charge in [-0.1, -0.05) is 41.5 Å². The fourth-order valence-corrected chi connectivity index (χ4v) is 3.24. The van der Waals surface area contributed by atoms with Crippen LogP contribution in [0.3, 0.4) is 0 Å². The van der Waals surface area contributed by atoms with Crippen molar-refractivity contribution in [3.63, 3.8) is 0 Å². The number of aryl methyl sites for hydroxylation is 2. The van der Waals surface area contributed by atoms with Crippen LogP contribution in [-0.2, 0) is 6.54 Å². The summed E-state index contributed by atoms with van der Waals surface area (Å²) < 4.78 is 7.07. The van der Waals surface area contributed by atoms with E-state index < -0.39 is 6.10 Å². The van der Waals surface area contributed by atoms with Gasteiger partial charge in [-0.2, -0.15) is 0 Å². The van der Waals surface area contributed by atoms with Gasteiger partial charge in [0, 0.05) is 5.39 Å². The van der Waals surface area contributed by atoms with E-state index in [4.69, 9.17) is 4.42 Å². The lowest BCUT2D eigenvalue weighted by molar-refractivity contribution is 0.154. The Morgan fingerprint density at radius 1 is 1.16 bits per heavy atom. The third-order valence-electron chi connectivity index (χ3n) is 4.35. The lowest BCUT2D eigenvalue weighted by Gasteiger charge is -2.14. The van der Waals surface area contributed by atoms with Crippen LogP contribution in [0, 0.1) is 13.8 Å². The second-order valence-corrected chi connectivity index (χ2v) is 6.41. The molecule has 0 amide bonds. The quantitative estimate of drug-likeness (QED) is 0.623. The lowest BCUT2D eigenvalue weighted by atomic mass is 10.0. The molecule has 5 nitrogen and oxygen atoms in total. The molecule has 2 aromatic heterocycles. The van der Waals surface area contributed by atoms with Gasteiger partial charge in [0.15, 0.2) is 0 Å². The molecule has 0 fully saturated rings. The van der Waals surface area contributed by atoms with Crippen molar-refractivity contribution in [2.24, 2.45) is 0 Å². The SMILES string of the molecule is Cc1cc(C)cc(C(O)Cn2cnc3c(oc4ccccc43)c2=O)c1. The number of benzene rings is 2. The van der Waals surface area contributed by atoms with Crippen LogP contribution in [0.15, 0.2) is 58.0 Å². The van der Waals surface area contributed by atoms with Crippen LogP contribution < -0.4 is 5.56 Å². The third-order valence-corrected chi connectivity index (χ3v) is 4.35. The molecule has 0 aliphatic rings. The number of fused-ring (bicyclic) bond motifs is 3. The van der Waals surface area contributed by atoms with Crippen molar-refractivity contribution >= 4 is 22.1 Å². The normalized spacial score (nSPS) is 12.8. The summed E-state index contributed by atoms with van der Waals surface area (Å²) in [5.41, 5.74) is 4.06. The average Bonchev–Trinajstić information content (AvgIpc) is 2.96. The fraction of sp³-hybridized carbons (Fsp3) is 0.200. The molecule has 2 heterocycles. The second kappa shape index (κ2) is 5.86. The number of hydrogen-bond donors (Lipinski definition) is 1. The van der Waals surface area contributed by atoms with Crippen molar-refractivity contribution in [2.75, 3.05) is 0 Å². The number of nitrogens with zero attached hydrogens (tertiary/aromatic N) is 2. The van der Waals surface area contributed by atoms with Gasteiger partial charge in [0.05, 0.1) is 19.0 Å². The maximum absolute atomic E-state index is 12.7. The Kier molecular flexibility index (Phi) is 3.66. The Balaban J connectivity index is 1.75. The van der Waals surface area contributed by atoms with E-state index in [1.54, 1.807) is 0 Å². The first kappa shape index (κ1) is 15.6. The van der Waals surface area contributed by atoms with E-state index in [2.05, 4.69) is 4.98 Å². The van der Waals surface area contributed by atoms with Crippen LogP contribution >= 0.6 is 0 Å². The smallest absolute Gasteiger partial charge is 0.297 e. The van der Waals surface area contributed by atoms with Crippen LogP contribution in [0.4, 0.5) is 0 Å². The summed E-state index contributed by atoms with van der Waals surface area (Å²) in [5.74, 6) is 0. The summed E-state index contributed by atoms with van der Waals surface area (Å²) in [5, 5.41) is 11.4. The van der Waals surface area contributed by atoms with Crippen LogP contribution in [0.25, 0.3) is 22.1 Å². The molecule has 5 heteroatoms. The summed E-state index contributed by atoms with van der Waals surface area (Å²) in [6.07, 6.45) is 0.679. The molecule has 0 spiro atoms. The number of furan rings is 1. The molecule has 25 heavy (non-hydrogen) atoms. The van der Waals surface area contributed by atoms with Crippen LogP contribution in [0.1, 0.15) is 22.8 Å². The van der Waals surface area contributed by atoms with E-state index in [1.807, 2.05) is 56.3 Å². The largest absolute Gasteiger partial charge is 0.448 e. The number of para-hydroxylation sites is 1. The lowest BCUT2D eigenvalue weighted by Crippen LogP contribution is -2.23. The minimum Gasteiger partial charge on any atom is -0.448 e. The predicted octanol–water partition coefficient (Wildman–Crippen LogP) is 3.49. The molecule has 126 valence electrons. The molecular formula is C20H18N2O3. The molecule has 2 aromatic carbocycles. The van der Waals surface area contributed by atoms with Crippen molar-refractivity contribution in [3.05, 3.63) is 75.8 Å².